The average molecular weight is 468 g/mol. The van der Waals surface area contributed by atoms with E-state index in [1.807, 2.05) is 55.5 Å². The zero-order valence-corrected chi connectivity index (χ0v) is 20.1. The Morgan fingerprint density at radius 2 is 1.54 bits per heavy atom. The highest BCUT2D eigenvalue weighted by atomic mass is 16.4. The van der Waals surface area contributed by atoms with Gasteiger partial charge in [-0.25, -0.2) is 0 Å². The van der Waals surface area contributed by atoms with Crippen molar-refractivity contribution in [3.8, 4) is 22.9 Å². The van der Waals surface area contributed by atoms with Gasteiger partial charge in [-0.3, -0.25) is 4.79 Å². The van der Waals surface area contributed by atoms with Crippen LogP contribution in [0.5, 0.6) is 0 Å². The molecule has 1 aliphatic rings. The number of aryl methyl sites for hydroxylation is 1. The van der Waals surface area contributed by atoms with Gasteiger partial charge in [0.15, 0.2) is 0 Å². The Morgan fingerprint density at radius 3 is 2.17 bits per heavy atom. The molecule has 2 heterocycles. The molecule has 1 N–H and O–H groups in total. The molecule has 1 aromatic heterocycles. The molecule has 0 bridgehead atoms. The van der Waals surface area contributed by atoms with E-state index >= 15 is 0 Å². The van der Waals surface area contributed by atoms with Gasteiger partial charge in [0.1, 0.15) is 0 Å². The standard InChI is InChI=1S/C28H29N5O2/c1-3-32-15-17-33(18-16-32)24-13-14-25(20(2)19-24)29-26(34)21-9-11-23(12-10-21)28-31-30-27(35-28)22-7-5-4-6-8-22/h4-14,19H,3,15-18H2,1-2H3,(H,29,34). The van der Waals surface area contributed by atoms with Crippen molar-refractivity contribution in [2.45, 2.75) is 13.8 Å². The van der Waals surface area contributed by atoms with Gasteiger partial charge in [0.25, 0.3) is 5.91 Å². The number of carbonyl (C=O) groups excluding carboxylic acids is 1. The van der Waals surface area contributed by atoms with Crippen molar-refractivity contribution in [2.24, 2.45) is 0 Å². The summed E-state index contributed by atoms with van der Waals surface area (Å²) < 4.78 is 5.81. The van der Waals surface area contributed by atoms with Crippen LogP contribution in [0.25, 0.3) is 22.9 Å². The molecular formula is C28H29N5O2. The van der Waals surface area contributed by atoms with Gasteiger partial charge >= 0.3 is 0 Å². The molecule has 0 atom stereocenters. The number of likely N-dealkylation sites (N-methyl/N-ethyl adjacent to an activating group) is 1. The average Bonchev–Trinajstić information content (AvgIpc) is 3.41. The van der Waals surface area contributed by atoms with E-state index in [2.05, 4.69) is 44.4 Å². The summed E-state index contributed by atoms with van der Waals surface area (Å²) in [6.45, 7) is 9.56. The predicted molar refractivity (Wildman–Crippen MR) is 139 cm³/mol. The molecule has 1 aliphatic heterocycles. The maximum atomic E-state index is 12.9. The number of hydrogen-bond donors (Lipinski definition) is 1. The van der Waals surface area contributed by atoms with Crippen LogP contribution in [0, 0.1) is 6.92 Å². The molecule has 3 aromatic carbocycles. The molecule has 35 heavy (non-hydrogen) atoms. The van der Waals surface area contributed by atoms with Gasteiger partial charge in [-0.05, 0) is 73.6 Å². The molecule has 1 amide bonds. The number of anilines is 2. The SMILES string of the molecule is CCN1CCN(c2ccc(NC(=O)c3ccc(-c4nnc(-c5ccccc5)o4)cc3)c(C)c2)CC1. The summed E-state index contributed by atoms with van der Waals surface area (Å²) in [7, 11) is 0. The highest BCUT2D eigenvalue weighted by molar-refractivity contribution is 6.05. The van der Waals surface area contributed by atoms with Crippen LogP contribution in [0.2, 0.25) is 0 Å². The summed E-state index contributed by atoms with van der Waals surface area (Å²) >= 11 is 0. The second-order valence-electron chi connectivity index (χ2n) is 8.73. The molecule has 0 unspecified atom stereocenters. The van der Waals surface area contributed by atoms with E-state index in [9.17, 15) is 4.79 Å². The van der Waals surface area contributed by atoms with Crippen molar-refractivity contribution in [2.75, 3.05) is 42.9 Å². The van der Waals surface area contributed by atoms with Crippen molar-refractivity contribution in [3.05, 3.63) is 83.9 Å². The van der Waals surface area contributed by atoms with Crippen LogP contribution in [0.4, 0.5) is 11.4 Å². The Balaban J connectivity index is 1.24. The smallest absolute Gasteiger partial charge is 0.255 e. The third kappa shape index (κ3) is 5.10. The quantitative estimate of drug-likeness (QED) is 0.425. The van der Waals surface area contributed by atoms with Crippen molar-refractivity contribution in [1.82, 2.24) is 15.1 Å². The van der Waals surface area contributed by atoms with E-state index in [0.29, 0.717) is 17.3 Å². The minimum atomic E-state index is -0.153. The molecule has 0 saturated carbocycles. The van der Waals surface area contributed by atoms with Crippen molar-refractivity contribution >= 4 is 17.3 Å². The van der Waals surface area contributed by atoms with E-state index in [-0.39, 0.29) is 5.91 Å². The van der Waals surface area contributed by atoms with Crippen LogP contribution in [-0.2, 0) is 0 Å². The summed E-state index contributed by atoms with van der Waals surface area (Å²) in [6, 6.07) is 23.1. The Bertz CT molecular complexity index is 1290. The molecule has 1 saturated heterocycles. The lowest BCUT2D eigenvalue weighted by molar-refractivity contribution is 0.102. The number of benzene rings is 3. The summed E-state index contributed by atoms with van der Waals surface area (Å²) in [4.78, 5) is 17.7. The first-order valence-corrected chi connectivity index (χ1v) is 12.0. The zero-order chi connectivity index (χ0) is 24.2. The van der Waals surface area contributed by atoms with E-state index < -0.39 is 0 Å². The maximum Gasteiger partial charge on any atom is 0.255 e. The summed E-state index contributed by atoms with van der Waals surface area (Å²) in [6.07, 6.45) is 0. The van der Waals surface area contributed by atoms with Gasteiger partial charge in [-0.15, -0.1) is 10.2 Å². The molecule has 1 fully saturated rings. The third-order valence-electron chi connectivity index (χ3n) is 6.48. The Kier molecular flexibility index (Phi) is 6.59. The fourth-order valence-electron chi connectivity index (χ4n) is 4.30. The molecule has 5 rings (SSSR count). The highest BCUT2D eigenvalue weighted by Crippen LogP contribution is 2.26. The van der Waals surface area contributed by atoms with Gasteiger partial charge in [-0.1, -0.05) is 25.1 Å². The van der Waals surface area contributed by atoms with E-state index in [4.69, 9.17) is 4.42 Å². The van der Waals surface area contributed by atoms with Crippen LogP contribution in [0.15, 0.2) is 77.2 Å². The number of amides is 1. The van der Waals surface area contributed by atoms with Crippen molar-refractivity contribution in [3.63, 3.8) is 0 Å². The predicted octanol–water partition coefficient (Wildman–Crippen LogP) is 5.11. The Labute approximate surface area is 205 Å². The fraction of sp³-hybridized carbons (Fsp3) is 0.250. The number of rotatable bonds is 6. The van der Waals surface area contributed by atoms with Crippen LogP contribution in [-0.4, -0.2) is 53.7 Å². The van der Waals surface area contributed by atoms with Gasteiger partial charge in [0, 0.05) is 54.2 Å². The topological polar surface area (TPSA) is 74.5 Å². The number of carbonyl (C=O) groups is 1. The summed E-state index contributed by atoms with van der Waals surface area (Å²) in [5.74, 6) is 0.732. The Morgan fingerprint density at radius 1 is 0.886 bits per heavy atom. The summed E-state index contributed by atoms with van der Waals surface area (Å²) in [5.41, 5.74) is 5.27. The normalized spacial score (nSPS) is 14.2. The first-order valence-electron chi connectivity index (χ1n) is 12.0. The third-order valence-corrected chi connectivity index (χ3v) is 6.48. The largest absolute Gasteiger partial charge is 0.416 e. The fourth-order valence-corrected chi connectivity index (χ4v) is 4.30. The number of piperazine rings is 1. The minimum Gasteiger partial charge on any atom is -0.416 e. The van der Waals surface area contributed by atoms with E-state index in [0.717, 1.165) is 55.1 Å². The van der Waals surface area contributed by atoms with Gasteiger partial charge in [-0.2, -0.15) is 0 Å². The molecule has 178 valence electrons. The van der Waals surface area contributed by atoms with Crippen LogP contribution in [0.1, 0.15) is 22.8 Å². The Hall–Kier alpha value is -3.97. The number of hydrogen-bond acceptors (Lipinski definition) is 6. The summed E-state index contributed by atoms with van der Waals surface area (Å²) in [5, 5.41) is 11.3. The second kappa shape index (κ2) is 10.1. The molecule has 7 heteroatoms. The molecular weight excluding hydrogens is 438 g/mol. The monoisotopic (exact) mass is 467 g/mol. The van der Waals surface area contributed by atoms with E-state index in [1.165, 1.54) is 5.69 Å². The van der Waals surface area contributed by atoms with Crippen molar-refractivity contribution < 1.29 is 9.21 Å². The van der Waals surface area contributed by atoms with Crippen LogP contribution >= 0.6 is 0 Å². The number of aromatic nitrogens is 2. The zero-order valence-electron chi connectivity index (χ0n) is 20.1. The second-order valence-corrected chi connectivity index (χ2v) is 8.73. The van der Waals surface area contributed by atoms with Gasteiger partial charge in [0.05, 0.1) is 0 Å². The lowest BCUT2D eigenvalue weighted by Gasteiger charge is -2.35. The highest BCUT2D eigenvalue weighted by Gasteiger charge is 2.17. The maximum absolute atomic E-state index is 12.9. The van der Waals surface area contributed by atoms with Crippen molar-refractivity contribution in [1.29, 1.82) is 0 Å². The number of nitrogens with one attached hydrogen (secondary N) is 1. The first kappa shape index (κ1) is 22.8. The van der Waals surface area contributed by atoms with Crippen LogP contribution in [0.3, 0.4) is 0 Å². The molecule has 4 aromatic rings. The van der Waals surface area contributed by atoms with E-state index in [1.54, 1.807) is 12.1 Å². The molecule has 7 nitrogen and oxygen atoms in total. The molecule has 0 radical (unpaired) electrons. The van der Waals surface area contributed by atoms with Gasteiger partial charge < -0.3 is 19.5 Å². The lowest BCUT2D eigenvalue weighted by atomic mass is 10.1. The molecule has 0 spiro atoms. The lowest BCUT2D eigenvalue weighted by Crippen LogP contribution is -2.46. The molecule has 0 aliphatic carbocycles. The van der Waals surface area contributed by atoms with Crippen LogP contribution < -0.4 is 10.2 Å². The first-order chi connectivity index (χ1) is 17.1. The minimum absolute atomic E-state index is 0.153. The number of nitrogens with zero attached hydrogens (tertiary/aromatic N) is 4. The van der Waals surface area contributed by atoms with Gasteiger partial charge in [0.2, 0.25) is 11.8 Å².